The van der Waals surface area contributed by atoms with Gasteiger partial charge in [-0.05, 0) is 35.2 Å². The quantitative estimate of drug-likeness (QED) is 0.663. The van der Waals surface area contributed by atoms with Crippen LogP contribution in [-0.4, -0.2) is 19.6 Å². The molecule has 1 N–H and O–H groups in total. The van der Waals surface area contributed by atoms with Gasteiger partial charge in [0.25, 0.3) is 0 Å². The SMILES string of the molecule is COc1cc(/C=C/C(=O)Nc2cccc3ccccc23)ccc1OCC#N. The van der Waals surface area contributed by atoms with Crippen LogP contribution in [-0.2, 0) is 4.79 Å². The topological polar surface area (TPSA) is 71.3 Å². The Hall–Kier alpha value is -3.78. The molecule has 5 nitrogen and oxygen atoms in total. The van der Waals surface area contributed by atoms with Gasteiger partial charge < -0.3 is 14.8 Å². The van der Waals surface area contributed by atoms with Gasteiger partial charge in [-0.25, -0.2) is 0 Å². The summed E-state index contributed by atoms with van der Waals surface area (Å²) in [5, 5.41) is 13.6. The Morgan fingerprint density at radius 2 is 1.93 bits per heavy atom. The molecule has 0 aliphatic heterocycles. The molecular formula is C22H18N2O3. The molecule has 5 heteroatoms. The molecule has 0 aliphatic carbocycles. The second kappa shape index (κ2) is 8.54. The summed E-state index contributed by atoms with van der Waals surface area (Å²) in [6, 6.07) is 20.8. The van der Waals surface area contributed by atoms with E-state index in [4.69, 9.17) is 14.7 Å². The third kappa shape index (κ3) is 4.44. The van der Waals surface area contributed by atoms with Crippen molar-refractivity contribution in [1.29, 1.82) is 5.26 Å². The number of nitriles is 1. The van der Waals surface area contributed by atoms with Gasteiger partial charge in [0.1, 0.15) is 6.07 Å². The van der Waals surface area contributed by atoms with Crippen molar-refractivity contribution in [2.24, 2.45) is 0 Å². The van der Waals surface area contributed by atoms with Crippen LogP contribution in [0.5, 0.6) is 11.5 Å². The molecule has 0 aliphatic rings. The van der Waals surface area contributed by atoms with Crippen molar-refractivity contribution in [1.82, 2.24) is 0 Å². The number of nitrogens with zero attached hydrogens (tertiary/aromatic N) is 1. The molecule has 0 spiro atoms. The van der Waals surface area contributed by atoms with Gasteiger partial charge in [-0.1, -0.05) is 42.5 Å². The van der Waals surface area contributed by atoms with E-state index in [1.54, 1.807) is 24.3 Å². The Bertz CT molecular complexity index is 1030. The number of amides is 1. The van der Waals surface area contributed by atoms with E-state index in [-0.39, 0.29) is 12.5 Å². The highest BCUT2D eigenvalue weighted by molar-refractivity contribution is 6.07. The van der Waals surface area contributed by atoms with E-state index < -0.39 is 0 Å². The Balaban J connectivity index is 1.74. The highest BCUT2D eigenvalue weighted by Gasteiger charge is 2.06. The summed E-state index contributed by atoms with van der Waals surface area (Å²) < 4.78 is 10.6. The largest absolute Gasteiger partial charge is 0.493 e. The maximum atomic E-state index is 12.3. The van der Waals surface area contributed by atoms with E-state index in [1.807, 2.05) is 48.5 Å². The molecule has 0 bridgehead atoms. The van der Waals surface area contributed by atoms with Crippen molar-refractivity contribution in [2.75, 3.05) is 19.0 Å². The smallest absolute Gasteiger partial charge is 0.248 e. The molecule has 0 radical (unpaired) electrons. The number of rotatable bonds is 6. The van der Waals surface area contributed by atoms with Crippen LogP contribution in [0.2, 0.25) is 0 Å². The van der Waals surface area contributed by atoms with E-state index >= 15 is 0 Å². The predicted molar refractivity (Wildman–Crippen MR) is 106 cm³/mol. The first-order chi connectivity index (χ1) is 13.2. The van der Waals surface area contributed by atoms with E-state index in [1.165, 1.54) is 13.2 Å². The third-order valence-electron chi connectivity index (χ3n) is 3.95. The number of carbonyl (C=O) groups is 1. The van der Waals surface area contributed by atoms with Crippen LogP contribution in [0.15, 0.2) is 66.7 Å². The lowest BCUT2D eigenvalue weighted by Gasteiger charge is -2.09. The fourth-order valence-electron chi connectivity index (χ4n) is 2.70. The Labute approximate surface area is 157 Å². The maximum absolute atomic E-state index is 12.3. The molecule has 0 heterocycles. The van der Waals surface area contributed by atoms with Gasteiger partial charge in [0.15, 0.2) is 18.1 Å². The molecule has 0 aromatic heterocycles. The van der Waals surface area contributed by atoms with Crippen molar-refractivity contribution < 1.29 is 14.3 Å². The van der Waals surface area contributed by atoms with Gasteiger partial charge in [-0.2, -0.15) is 5.26 Å². The minimum atomic E-state index is -0.227. The highest BCUT2D eigenvalue weighted by atomic mass is 16.5. The number of ether oxygens (including phenoxy) is 2. The second-order valence-corrected chi connectivity index (χ2v) is 5.71. The zero-order chi connectivity index (χ0) is 19.1. The summed E-state index contributed by atoms with van der Waals surface area (Å²) in [7, 11) is 1.52. The second-order valence-electron chi connectivity index (χ2n) is 5.71. The number of hydrogen-bond donors (Lipinski definition) is 1. The fourth-order valence-corrected chi connectivity index (χ4v) is 2.70. The van der Waals surface area contributed by atoms with Crippen LogP contribution in [0.3, 0.4) is 0 Å². The summed E-state index contributed by atoms with van der Waals surface area (Å²) in [5.41, 5.74) is 1.55. The Morgan fingerprint density at radius 1 is 1.11 bits per heavy atom. The maximum Gasteiger partial charge on any atom is 0.248 e. The molecule has 134 valence electrons. The monoisotopic (exact) mass is 358 g/mol. The first kappa shape index (κ1) is 18.0. The van der Waals surface area contributed by atoms with E-state index in [0.29, 0.717) is 11.5 Å². The summed E-state index contributed by atoms with van der Waals surface area (Å²) in [5.74, 6) is 0.758. The summed E-state index contributed by atoms with van der Waals surface area (Å²) in [6.45, 7) is -0.0566. The van der Waals surface area contributed by atoms with Gasteiger partial charge in [0.05, 0.1) is 7.11 Å². The average Bonchev–Trinajstić information content (AvgIpc) is 2.71. The standard InChI is InChI=1S/C22H18N2O3/c1-26-21-15-16(9-11-20(21)27-14-13-23)10-12-22(25)24-19-8-4-6-17-5-2-3-7-18(17)19/h2-12,15H,14H2,1H3,(H,24,25)/b12-10+. The minimum Gasteiger partial charge on any atom is -0.493 e. The average molecular weight is 358 g/mol. The van der Waals surface area contributed by atoms with Crippen LogP contribution < -0.4 is 14.8 Å². The lowest BCUT2D eigenvalue weighted by Crippen LogP contribution is -2.08. The molecule has 27 heavy (non-hydrogen) atoms. The van der Waals surface area contributed by atoms with Gasteiger partial charge in [-0.15, -0.1) is 0 Å². The first-order valence-electron chi connectivity index (χ1n) is 8.36. The molecular weight excluding hydrogens is 340 g/mol. The van der Waals surface area contributed by atoms with Crippen LogP contribution in [0.1, 0.15) is 5.56 Å². The number of anilines is 1. The number of hydrogen-bond acceptors (Lipinski definition) is 4. The van der Waals surface area contributed by atoms with E-state index in [9.17, 15) is 4.79 Å². The van der Waals surface area contributed by atoms with Crippen molar-refractivity contribution in [3.05, 3.63) is 72.3 Å². The van der Waals surface area contributed by atoms with Crippen molar-refractivity contribution in [2.45, 2.75) is 0 Å². The Morgan fingerprint density at radius 3 is 2.74 bits per heavy atom. The van der Waals surface area contributed by atoms with Gasteiger partial charge >= 0.3 is 0 Å². The Kier molecular flexibility index (Phi) is 5.70. The van der Waals surface area contributed by atoms with Crippen molar-refractivity contribution >= 4 is 28.4 Å². The molecule has 3 aromatic rings. The van der Waals surface area contributed by atoms with Crippen molar-refractivity contribution in [3.8, 4) is 17.6 Å². The number of methoxy groups -OCH3 is 1. The molecule has 1 amide bonds. The number of carbonyl (C=O) groups excluding carboxylic acids is 1. The molecule has 0 atom stereocenters. The summed E-state index contributed by atoms with van der Waals surface area (Å²) in [6.07, 6.45) is 3.16. The van der Waals surface area contributed by atoms with Gasteiger partial charge in [-0.3, -0.25) is 4.79 Å². The van der Waals surface area contributed by atoms with Gasteiger partial charge in [0, 0.05) is 17.1 Å². The van der Waals surface area contributed by atoms with Crippen LogP contribution >= 0.6 is 0 Å². The number of nitrogens with one attached hydrogen (secondary N) is 1. The zero-order valence-corrected chi connectivity index (χ0v) is 14.8. The summed E-state index contributed by atoms with van der Waals surface area (Å²) in [4.78, 5) is 12.3. The zero-order valence-electron chi connectivity index (χ0n) is 14.8. The van der Waals surface area contributed by atoms with E-state index in [2.05, 4.69) is 5.32 Å². The molecule has 0 saturated heterocycles. The molecule has 0 fully saturated rings. The molecule has 0 unspecified atom stereocenters. The molecule has 3 aromatic carbocycles. The van der Waals surface area contributed by atoms with E-state index in [0.717, 1.165) is 22.0 Å². The third-order valence-corrected chi connectivity index (χ3v) is 3.95. The summed E-state index contributed by atoms with van der Waals surface area (Å²) >= 11 is 0. The lowest BCUT2D eigenvalue weighted by molar-refractivity contribution is -0.111. The minimum absolute atomic E-state index is 0.0566. The fraction of sp³-hybridized carbons (Fsp3) is 0.0909. The predicted octanol–water partition coefficient (Wildman–Crippen LogP) is 4.40. The van der Waals surface area contributed by atoms with Crippen LogP contribution in [0.4, 0.5) is 5.69 Å². The normalized spacial score (nSPS) is 10.5. The first-order valence-corrected chi connectivity index (χ1v) is 8.36. The number of fused-ring (bicyclic) bond motifs is 1. The van der Waals surface area contributed by atoms with Gasteiger partial charge in [0.2, 0.25) is 5.91 Å². The lowest BCUT2D eigenvalue weighted by atomic mass is 10.1. The number of benzene rings is 3. The molecule has 0 saturated carbocycles. The van der Waals surface area contributed by atoms with Crippen molar-refractivity contribution in [3.63, 3.8) is 0 Å². The molecule has 3 rings (SSSR count). The van der Waals surface area contributed by atoms with Crippen LogP contribution in [0.25, 0.3) is 16.8 Å². The highest BCUT2D eigenvalue weighted by Crippen LogP contribution is 2.28. The van der Waals surface area contributed by atoms with Crippen LogP contribution in [0, 0.1) is 11.3 Å².